The number of anilines is 1. The van der Waals surface area contributed by atoms with Crippen molar-refractivity contribution in [3.8, 4) is 11.1 Å². The van der Waals surface area contributed by atoms with Gasteiger partial charge in [-0.2, -0.15) is 0 Å². The average Bonchev–Trinajstić information content (AvgIpc) is 3.34. The molecule has 0 spiro atoms. The average molecular weight is 455 g/mol. The van der Waals surface area contributed by atoms with Crippen LogP contribution in [0, 0.1) is 20.8 Å². The van der Waals surface area contributed by atoms with E-state index in [4.69, 9.17) is 4.52 Å². The number of hydrogen-bond acceptors (Lipinski definition) is 7. The molecule has 0 saturated heterocycles. The Balaban J connectivity index is 1.64. The quantitative estimate of drug-likeness (QED) is 0.347. The molecule has 1 amide bonds. The fourth-order valence-electron chi connectivity index (χ4n) is 3.14. The maximum atomic E-state index is 13.2. The van der Waals surface area contributed by atoms with Crippen LogP contribution in [0.25, 0.3) is 21.3 Å². The highest BCUT2D eigenvalue weighted by Crippen LogP contribution is 2.33. The standard InChI is InChI=1S/C22H22N4O3S2/c1-11-6-7-15(8-12(11)2)16-10-30-20-18(16)21(28)26(5)22(24-20)31-14(4)19(27)23-17-9-13(3)25-29-17/h6-10,14H,1-5H3,(H,23,27). The number of hydrogen-bond donors (Lipinski definition) is 1. The summed E-state index contributed by atoms with van der Waals surface area (Å²) in [6, 6.07) is 7.84. The zero-order valence-corrected chi connectivity index (χ0v) is 19.5. The van der Waals surface area contributed by atoms with Gasteiger partial charge in [0.25, 0.3) is 5.56 Å². The normalized spacial score (nSPS) is 12.3. The summed E-state index contributed by atoms with van der Waals surface area (Å²) in [5.41, 5.74) is 4.84. The first kappa shape index (κ1) is 21.3. The van der Waals surface area contributed by atoms with E-state index in [2.05, 4.69) is 41.4 Å². The number of rotatable bonds is 5. The van der Waals surface area contributed by atoms with Crippen LogP contribution in [0.2, 0.25) is 0 Å². The van der Waals surface area contributed by atoms with Crippen LogP contribution in [0.4, 0.5) is 5.88 Å². The van der Waals surface area contributed by atoms with E-state index >= 15 is 0 Å². The molecular formula is C22H22N4O3S2. The zero-order chi connectivity index (χ0) is 22.3. The van der Waals surface area contributed by atoms with Gasteiger partial charge in [-0.15, -0.1) is 11.3 Å². The van der Waals surface area contributed by atoms with Crippen LogP contribution in [0.1, 0.15) is 23.7 Å². The van der Waals surface area contributed by atoms with E-state index in [1.165, 1.54) is 38.8 Å². The molecule has 0 radical (unpaired) electrons. The first-order chi connectivity index (χ1) is 14.7. The molecule has 0 aliphatic heterocycles. The van der Waals surface area contributed by atoms with Crippen molar-refractivity contribution in [1.82, 2.24) is 14.7 Å². The van der Waals surface area contributed by atoms with E-state index in [1.54, 1.807) is 27.0 Å². The van der Waals surface area contributed by atoms with Gasteiger partial charge in [-0.05, 0) is 44.4 Å². The summed E-state index contributed by atoms with van der Waals surface area (Å²) in [4.78, 5) is 31.0. The number of aryl methyl sites for hydroxylation is 3. The zero-order valence-electron chi connectivity index (χ0n) is 17.8. The van der Waals surface area contributed by atoms with Gasteiger partial charge in [0.05, 0.1) is 16.3 Å². The molecule has 0 aliphatic carbocycles. The summed E-state index contributed by atoms with van der Waals surface area (Å²) < 4.78 is 6.54. The monoisotopic (exact) mass is 454 g/mol. The van der Waals surface area contributed by atoms with Crippen molar-refractivity contribution >= 4 is 45.1 Å². The van der Waals surface area contributed by atoms with Crippen LogP contribution in [-0.4, -0.2) is 25.9 Å². The second-order valence-corrected chi connectivity index (χ2v) is 9.64. The number of thiophene rings is 1. The Morgan fingerprint density at radius 3 is 2.68 bits per heavy atom. The third-order valence-corrected chi connectivity index (χ3v) is 7.13. The number of carbonyl (C=O) groups excluding carboxylic acids is 1. The van der Waals surface area contributed by atoms with Crippen molar-refractivity contribution in [1.29, 1.82) is 0 Å². The molecule has 3 heterocycles. The molecule has 1 aromatic carbocycles. The van der Waals surface area contributed by atoms with E-state index < -0.39 is 5.25 Å². The molecule has 0 fully saturated rings. The number of aromatic nitrogens is 3. The van der Waals surface area contributed by atoms with Crippen molar-refractivity contribution in [2.45, 2.75) is 38.1 Å². The van der Waals surface area contributed by atoms with Gasteiger partial charge in [0.1, 0.15) is 4.83 Å². The Morgan fingerprint density at radius 1 is 1.23 bits per heavy atom. The van der Waals surface area contributed by atoms with Gasteiger partial charge in [0, 0.05) is 24.1 Å². The molecule has 9 heteroatoms. The van der Waals surface area contributed by atoms with E-state index in [0.717, 1.165) is 11.1 Å². The van der Waals surface area contributed by atoms with Crippen molar-refractivity contribution in [3.05, 3.63) is 56.8 Å². The van der Waals surface area contributed by atoms with E-state index in [1.807, 2.05) is 11.4 Å². The lowest BCUT2D eigenvalue weighted by atomic mass is 10.0. The first-order valence-corrected chi connectivity index (χ1v) is 11.5. The number of benzene rings is 1. The summed E-state index contributed by atoms with van der Waals surface area (Å²) in [5, 5.41) is 9.03. The number of thioether (sulfide) groups is 1. The highest BCUT2D eigenvalue weighted by Gasteiger charge is 2.21. The highest BCUT2D eigenvalue weighted by atomic mass is 32.2. The SMILES string of the molecule is Cc1cc(NC(=O)C(C)Sc2nc3scc(-c4ccc(C)c(C)c4)c3c(=O)n2C)on1. The van der Waals surface area contributed by atoms with E-state index in [9.17, 15) is 9.59 Å². The minimum atomic E-state index is -0.486. The maximum Gasteiger partial charge on any atom is 0.263 e. The Labute approximate surface area is 187 Å². The minimum absolute atomic E-state index is 0.125. The lowest BCUT2D eigenvalue weighted by Gasteiger charge is -2.12. The van der Waals surface area contributed by atoms with Gasteiger partial charge in [0.15, 0.2) is 5.16 Å². The third kappa shape index (κ3) is 4.15. The number of nitrogens with zero attached hydrogens (tertiary/aromatic N) is 3. The van der Waals surface area contributed by atoms with Crippen molar-refractivity contribution in [2.75, 3.05) is 5.32 Å². The molecule has 4 aromatic rings. The van der Waals surface area contributed by atoms with Crippen LogP contribution in [0.3, 0.4) is 0 Å². The highest BCUT2D eigenvalue weighted by molar-refractivity contribution is 8.00. The molecule has 160 valence electrons. The maximum absolute atomic E-state index is 13.2. The first-order valence-electron chi connectivity index (χ1n) is 9.71. The largest absolute Gasteiger partial charge is 0.338 e. The molecule has 4 rings (SSSR count). The molecule has 7 nitrogen and oxygen atoms in total. The Morgan fingerprint density at radius 2 is 2.00 bits per heavy atom. The Kier molecular flexibility index (Phi) is 5.72. The second kappa shape index (κ2) is 8.32. The molecule has 0 bridgehead atoms. The van der Waals surface area contributed by atoms with Crippen molar-refractivity contribution in [2.24, 2.45) is 7.05 Å². The van der Waals surface area contributed by atoms with Gasteiger partial charge in [-0.3, -0.25) is 19.5 Å². The minimum Gasteiger partial charge on any atom is -0.338 e. The van der Waals surface area contributed by atoms with Gasteiger partial charge < -0.3 is 4.52 Å². The summed E-state index contributed by atoms with van der Waals surface area (Å²) in [5.74, 6) is 0.0426. The third-order valence-electron chi connectivity index (χ3n) is 5.12. The van der Waals surface area contributed by atoms with Crippen LogP contribution in [0.15, 0.2) is 44.1 Å². The smallest absolute Gasteiger partial charge is 0.263 e. The van der Waals surface area contributed by atoms with Gasteiger partial charge in [-0.1, -0.05) is 35.1 Å². The number of fused-ring (bicyclic) bond motifs is 1. The van der Waals surface area contributed by atoms with Crippen LogP contribution in [-0.2, 0) is 11.8 Å². The molecule has 3 aromatic heterocycles. The summed E-state index contributed by atoms with van der Waals surface area (Å²) in [6.45, 7) is 7.66. The summed E-state index contributed by atoms with van der Waals surface area (Å²) >= 11 is 2.66. The van der Waals surface area contributed by atoms with Gasteiger partial charge >= 0.3 is 0 Å². The predicted octanol–water partition coefficient (Wildman–Crippen LogP) is 4.69. The fraction of sp³-hybridized carbons (Fsp3) is 0.273. The topological polar surface area (TPSA) is 90.0 Å². The number of carbonyl (C=O) groups is 1. The number of amides is 1. The van der Waals surface area contributed by atoms with Crippen LogP contribution < -0.4 is 10.9 Å². The summed E-state index contributed by atoms with van der Waals surface area (Å²) in [7, 11) is 1.68. The molecule has 0 aliphatic rings. The Hall–Kier alpha value is -2.91. The molecule has 1 atom stereocenters. The van der Waals surface area contributed by atoms with Gasteiger partial charge in [0.2, 0.25) is 11.8 Å². The predicted molar refractivity (Wildman–Crippen MR) is 125 cm³/mol. The molecule has 1 N–H and O–H groups in total. The lowest BCUT2D eigenvalue weighted by molar-refractivity contribution is -0.115. The molecular weight excluding hydrogens is 432 g/mol. The number of nitrogens with one attached hydrogen (secondary N) is 1. The van der Waals surface area contributed by atoms with Crippen molar-refractivity contribution in [3.63, 3.8) is 0 Å². The van der Waals surface area contributed by atoms with E-state index in [0.29, 0.717) is 27.0 Å². The Bertz CT molecular complexity index is 1350. The second-order valence-electron chi connectivity index (χ2n) is 7.47. The van der Waals surface area contributed by atoms with E-state index in [-0.39, 0.29) is 11.5 Å². The molecule has 31 heavy (non-hydrogen) atoms. The fourth-order valence-corrected chi connectivity index (χ4v) is 5.00. The van der Waals surface area contributed by atoms with Crippen molar-refractivity contribution < 1.29 is 9.32 Å². The van der Waals surface area contributed by atoms with Crippen LogP contribution in [0.5, 0.6) is 0 Å². The summed E-state index contributed by atoms with van der Waals surface area (Å²) in [6.07, 6.45) is 0. The molecule has 1 unspecified atom stereocenters. The lowest BCUT2D eigenvalue weighted by Crippen LogP contribution is -2.25. The van der Waals surface area contributed by atoms with Gasteiger partial charge in [-0.25, -0.2) is 4.98 Å². The molecule has 0 saturated carbocycles. The van der Waals surface area contributed by atoms with Crippen LogP contribution >= 0.6 is 23.1 Å².